The number of nitrogens with zero attached hydrogens (tertiary/aromatic N) is 2. The van der Waals surface area contributed by atoms with Crippen molar-refractivity contribution in [1.82, 2.24) is 4.90 Å². The molecule has 1 amide bonds. The number of benzene rings is 1. The number of anilines is 1. The zero-order valence-corrected chi connectivity index (χ0v) is 16.1. The molecule has 2 aliphatic rings. The highest BCUT2D eigenvalue weighted by molar-refractivity contribution is 5.95. The smallest absolute Gasteiger partial charge is 0.241 e. The third kappa shape index (κ3) is 4.96. The van der Waals surface area contributed by atoms with Crippen molar-refractivity contribution in [2.24, 2.45) is 11.1 Å². The van der Waals surface area contributed by atoms with E-state index in [9.17, 15) is 4.79 Å². The van der Waals surface area contributed by atoms with Crippen LogP contribution in [-0.4, -0.2) is 43.0 Å². The maximum atomic E-state index is 13.2. The van der Waals surface area contributed by atoms with Gasteiger partial charge in [0.1, 0.15) is 0 Å². The molecule has 5 heteroatoms. The maximum absolute atomic E-state index is 13.2. The molecule has 25 heavy (non-hydrogen) atoms. The molecule has 1 saturated heterocycles. The van der Waals surface area contributed by atoms with Gasteiger partial charge in [-0.2, -0.15) is 0 Å². The number of halogens is 1. The fourth-order valence-corrected chi connectivity index (χ4v) is 4.18. The number of rotatable bonds is 5. The van der Waals surface area contributed by atoms with Gasteiger partial charge >= 0.3 is 0 Å². The molecule has 1 aromatic carbocycles. The van der Waals surface area contributed by atoms with Gasteiger partial charge in [-0.15, -0.1) is 12.4 Å². The molecule has 4 nitrogen and oxygen atoms in total. The van der Waals surface area contributed by atoms with Gasteiger partial charge in [0, 0.05) is 18.3 Å². The summed E-state index contributed by atoms with van der Waals surface area (Å²) in [6, 6.07) is 10.6. The minimum atomic E-state index is 0. The molecule has 1 saturated carbocycles. The molecule has 1 aliphatic carbocycles. The van der Waals surface area contributed by atoms with Crippen molar-refractivity contribution in [3.63, 3.8) is 0 Å². The van der Waals surface area contributed by atoms with E-state index < -0.39 is 0 Å². The molecule has 1 heterocycles. The Hall–Kier alpha value is -1.10. The molecule has 2 N–H and O–H groups in total. The highest BCUT2D eigenvalue weighted by Crippen LogP contribution is 2.30. The van der Waals surface area contributed by atoms with Crippen LogP contribution in [0.1, 0.15) is 45.4 Å². The fraction of sp³-hybridized carbons (Fsp3) is 0.650. The van der Waals surface area contributed by atoms with E-state index in [-0.39, 0.29) is 23.7 Å². The summed E-state index contributed by atoms with van der Waals surface area (Å²) in [5, 5.41) is 0. The number of carbonyl (C=O) groups excluding carboxylic acids is 1. The lowest BCUT2D eigenvalue weighted by molar-refractivity contribution is -0.120. The summed E-state index contributed by atoms with van der Waals surface area (Å²) in [5.74, 6) is 0.245. The molecule has 0 spiro atoms. The lowest BCUT2D eigenvalue weighted by atomic mass is 9.90. The molecule has 140 valence electrons. The summed E-state index contributed by atoms with van der Waals surface area (Å²) in [6.07, 6.45) is 7.11. The first kappa shape index (κ1) is 20.2. The highest BCUT2D eigenvalue weighted by atomic mass is 35.5. The van der Waals surface area contributed by atoms with Gasteiger partial charge in [-0.1, -0.05) is 44.4 Å². The number of nitrogens with two attached hydrogens (primary N) is 1. The van der Waals surface area contributed by atoms with Crippen molar-refractivity contribution >= 4 is 24.0 Å². The summed E-state index contributed by atoms with van der Waals surface area (Å²) in [7, 11) is 0. The molecule has 2 fully saturated rings. The Bertz CT molecular complexity index is 547. The van der Waals surface area contributed by atoms with E-state index in [1.54, 1.807) is 0 Å². The number of hydrogen-bond donors (Lipinski definition) is 1. The molecule has 0 aromatic heterocycles. The van der Waals surface area contributed by atoms with Crippen molar-refractivity contribution in [3.05, 3.63) is 30.3 Å². The molecule has 1 aromatic rings. The van der Waals surface area contributed by atoms with E-state index in [2.05, 4.69) is 28.9 Å². The first-order chi connectivity index (χ1) is 11.6. The molecular formula is C20H32ClN3O. The van der Waals surface area contributed by atoms with Gasteiger partial charge in [0.05, 0.1) is 6.54 Å². The van der Waals surface area contributed by atoms with E-state index in [0.29, 0.717) is 19.1 Å². The number of likely N-dealkylation sites (tertiary alicyclic amines) is 1. The Morgan fingerprint density at radius 2 is 1.92 bits per heavy atom. The van der Waals surface area contributed by atoms with Crippen LogP contribution in [0.4, 0.5) is 5.69 Å². The summed E-state index contributed by atoms with van der Waals surface area (Å²) >= 11 is 0. The van der Waals surface area contributed by atoms with Crippen LogP contribution in [0, 0.1) is 5.41 Å². The second kappa shape index (κ2) is 9.02. The Labute approximate surface area is 158 Å². The molecular weight excluding hydrogens is 334 g/mol. The minimum absolute atomic E-state index is 0. The lowest BCUT2D eigenvalue weighted by Crippen LogP contribution is -2.46. The van der Waals surface area contributed by atoms with Crippen LogP contribution < -0.4 is 10.6 Å². The van der Waals surface area contributed by atoms with E-state index in [4.69, 9.17) is 5.73 Å². The van der Waals surface area contributed by atoms with Crippen LogP contribution >= 0.6 is 12.4 Å². The number of hydrogen-bond acceptors (Lipinski definition) is 3. The van der Waals surface area contributed by atoms with Gasteiger partial charge in [-0.25, -0.2) is 0 Å². The largest absolute Gasteiger partial charge is 0.330 e. The third-order valence-electron chi connectivity index (χ3n) is 5.73. The number of amides is 1. The summed E-state index contributed by atoms with van der Waals surface area (Å²) in [5.41, 5.74) is 7.13. The zero-order valence-electron chi connectivity index (χ0n) is 15.3. The Morgan fingerprint density at radius 3 is 2.52 bits per heavy atom. The number of carbonyl (C=O) groups is 1. The van der Waals surface area contributed by atoms with E-state index in [0.717, 1.165) is 38.0 Å². The lowest BCUT2D eigenvalue weighted by Gasteiger charge is -2.35. The van der Waals surface area contributed by atoms with Gasteiger partial charge in [0.2, 0.25) is 5.91 Å². The minimum Gasteiger partial charge on any atom is -0.330 e. The zero-order chi connectivity index (χ0) is 17.0. The molecule has 0 bridgehead atoms. The molecule has 1 aliphatic heterocycles. The van der Waals surface area contributed by atoms with Gasteiger partial charge in [0.15, 0.2) is 0 Å². The van der Waals surface area contributed by atoms with E-state index in [1.165, 1.54) is 19.3 Å². The van der Waals surface area contributed by atoms with Gasteiger partial charge in [0.25, 0.3) is 0 Å². The van der Waals surface area contributed by atoms with Gasteiger partial charge in [-0.3, -0.25) is 9.69 Å². The molecule has 1 unspecified atom stereocenters. The first-order valence-corrected chi connectivity index (χ1v) is 9.41. The second-order valence-corrected chi connectivity index (χ2v) is 7.87. The Morgan fingerprint density at radius 1 is 1.24 bits per heavy atom. The van der Waals surface area contributed by atoms with Crippen molar-refractivity contribution in [2.75, 3.05) is 31.1 Å². The maximum Gasteiger partial charge on any atom is 0.241 e. The second-order valence-electron chi connectivity index (χ2n) is 7.87. The highest BCUT2D eigenvalue weighted by Gasteiger charge is 2.35. The van der Waals surface area contributed by atoms with Crippen LogP contribution in [0.15, 0.2) is 30.3 Å². The van der Waals surface area contributed by atoms with Crippen molar-refractivity contribution in [3.8, 4) is 0 Å². The van der Waals surface area contributed by atoms with Crippen molar-refractivity contribution < 1.29 is 4.79 Å². The van der Waals surface area contributed by atoms with Crippen LogP contribution in [-0.2, 0) is 4.79 Å². The first-order valence-electron chi connectivity index (χ1n) is 9.41. The average molecular weight is 366 g/mol. The van der Waals surface area contributed by atoms with Crippen LogP contribution in [0.3, 0.4) is 0 Å². The topological polar surface area (TPSA) is 49.6 Å². The predicted molar refractivity (Wildman–Crippen MR) is 106 cm³/mol. The Balaban J connectivity index is 0.00000225. The fourth-order valence-electron chi connectivity index (χ4n) is 4.18. The third-order valence-corrected chi connectivity index (χ3v) is 5.73. The number of para-hydroxylation sites is 1. The SMILES string of the molecule is CC1(CN)CCN(CC(=O)N(c2ccccc2)C2CCCCC2)C1.Cl. The summed E-state index contributed by atoms with van der Waals surface area (Å²) < 4.78 is 0. The molecule has 0 radical (unpaired) electrons. The predicted octanol–water partition coefficient (Wildman–Crippen LogP) is 3.44. The quantitative estimate of drug-likeness (QED) is 0.869. The van der Waals surface area contributed by atoms with Gasteiger partial charge < -0.3 is 10.6 Å². The monoisotopic (exact) mass is 365 g/mol. The van der Waals surface area contributed by atoms with Crippen molar-refractivity contribution in [2.45, 2.75) is 51.5 Å². The normalized spacial score (nSPS) is 24.7. The molecule has 1 atom stereocenters. The summed E-state index contributed by atoms with van der Waals surface area (Å²) in [4.78, 5) is 17.5. The standard InChI is InChI=1S/C20H31N3O.ClH/c1-20(15-21)12-13-22(16-20)14-19(24)23(17-8-4-2-5-9-17)18-10-6-3-7-11-18;/h2,4-5,8-9,18H,3,6-7,10-16,21H2,1H3;1H. The van der Waals surface area contributed by atoms with Gasteiger partial charge in [-0.05, 0) is 49.9 Å². The van der Waals surface area contributed by atoms with Crippen molar-refractivity contribution in [1.29, 1.82) is 0 Å². The van der Waals surface area contributed by atoms with E-state index in [1.807, 2.05) is 18.2 Å². The molecule has 3 rings (SSSR count). The van der Waals surface area contributed by atoms with E-state index >= 15 is 0 Å². The van der Waals surface area contributed by atoms with Crippen LogP contribution in [0.5, 0.6) is 0 Å². The van der Waals surface area contributed by atoms with Crippen LogP contribution in [0.2, 0.25) is 0 Å². The summed E-state index contributed by atoms with van der Waals surface area (Å²) in [6.45, 7) is 5.35. The average Bonchev–Trinajstić information content (AvgIpc) is 2.98. The Kier molecular flexibility index (Phi) is 7.29. The van der Waals surface area contributed by atoms with Crippen LogP contribution in [0.25, 0.3) is 0 Å².